The fourth-order valence-corrected chi connectivity index (χ4v) is 6.15. The molecule has 3 aliphatic carbocycles. The number of halogens is 7. The monoisotopic (exact) mass is 534 g/mol. The van der Waals surface area contributed by atoms with E-state index in [1.807, 2.05) is 13.8 Å². The molecule has 4 unspecified atom stereocenters. The van der Waals surface area contributed by atoms with Gasteiger partial charge in [-0.1, -0.05) is 33.6 Å². The van der Waals surface area contributed by atoms with Crippen LogP contribution in [-0.2, 0) is 14.2 Å². The molecule has 0 aromatic carbocycles. The van der Waals surface area contributed by atoms with E-state index in [1.54, 1.807) is 0 Å². The van der Waals surface area contributed by atoms with Gasteiger partial charge in [0.15, 0.2) is 12.5 Å². The van der Waals surface area contributed by atoms with E-state index in [2.05, 4.69) is 11.7 Å². The second-order valence-corrected chi connectivity index (χ2v) is 10.9. The van der Waals surface area contributed by atoms with Crippen LogP contribution >= 0.6 is 0 Å². The van der Waals surface area contributed by atoms with Crippen LogP contribution in [0.2, 0.25) is 0 Å². The third kappa shape index (κ3) is 7.07. The van der Waals surface area contributed by atoms with Gasteiger partial charge in [0, 0.05) is 24.7 Å². The summed E-state index contributed by atoms with van der Waals surface area (Å²) in [6.07, 6.45) is -16.2. The average Bonchev–Trinajstić information content (AvgIpc) is 2.83. The van der Waals surface area contributed by atoms with Gasteiger partial charge in [-0.2, -0.15) is 8.78 Å². The van der Waals surface area contributed by atoms with Crippen molar-refractivity contribution >= 4 is 0 Å². The van der Waals surface area contributed by atoms with Crippen molar-refractivity contribution in [2.75, 3.05) is 13.2 Å². The lowest BCUT2D eigenvalue weighted by molar-refractivity contribution is -0.327. The standard InChI is InChI=1S/C24H35F7O3.C2H6/c1-12-2-4-13(5-3-12)15-10-32-23(33-11-15)14-6-17(25)21(18(26)7-14)24(30,31)34-16-8-19(27)22(29)20(28)9-16;1-2/h12-23H,2-11H2,1H3;1-2H3. The van der Waals surface area contributed by atoms with E-state index in [9.17, 15) is 30.7 Å². The lowest BCUT2D eigenvalue weighted by Crippen LogP contribution is -2.53. The van der Waals surface area contributed by atoms with Gasteiger partial charge in [0.25, 0.3) is 0 Å². The quantitative estimate of drug-likeness (QED) is 0.346. The summed E-state index contributed by atoms with van der Waals surface area (Å²) < 4.78 is 116. The van der Waals surface area contributed by atoms with Crippen LogP contribution in [0.25, 0.3) is 0 Å². The van der Waals surface area contributed by atoms with Gasteiger partial charge in [0.05, 0.1) is 19.3 Å². The van der Waals surface area contributed by atoms with Gasteiger partial charge in [0.2, 0.25) is 0 Å². The number of ether oxygens (including phenoxy) is 3. The van der Waals surface area contributed by atoms with E-state index in [-0.39, 0.29) is 5.92 Å². The Balaban J connectivity index is 0.00000176. The van der Waals surface area contributed by atoms with Crippen molar-refractivity contribution in [2.45, 2.75) is 121 Å². The number of alkyl halides is 7. The van der Waals surface area contributed by atoms with Crippen molar-refractivity contribution in [3.05, 3.63) is 0 Å². The molecule has 0 amide bonds. The molecule has 4 atom stereocenters. The molecule has 0 bridgehead atoms. The Morgan fingerprint density at radius 1 is 0.667 bits per heavy atom. The normalized spacial score (nSPS) is 46.5. The molecule has 10 heteroatoms. The Morgan fingerprint density at radius 3 is 1.67 bits per heavy atom. The zero-order valence-corrected chi connectivity index (χ0v) is 21.4. The fraction of sp³-hybridized carbons (Fsp3) is 1.00. The molecule has 0 aromatic heterocycles. The van der Waals surface area contributed by atoms with Crippen LogP contribution < -0.4 is 0 Å². The molecular formula is C26H41F7O3. The van der Waals surface area contributed by atoms with E-state index in [0.29, 0.717) is 25.0 Å². The first-order valence-corrected chi connectivity index (χ1v) is 13.5. The Hall–Kier alpha value is -0.610. The van der Waals surface area contributed by atoms with Crippen LogP contribution in [0, 0.1) is 29.6 Å². The molecule has 1 aliphatic heterocycles. The molecule has 3 nitrogen and oxygen atoms in total. The van der Waals surface area contributed by atoms with Crippen LogP contribution in [0.3, 0.4) is 0 Å². The molecular weight excluding hydrogens is 493 g/mol. The third-order valence-electron chi connectivity index (χ3n) is 8.28. The first-order valence-electron chi connectivity index (χ1n) is 13.5. The van der Waals surface area contributed by atoms with Gasteiger partial charge in [-0.05, 0) is 37.5 Å². The molecule has 3 saturated carbocycles. The minimum atomic E-state index is -4.28. The molecule has 4 aliphatic rings. The van der Waals surface area contributed by atoms with E-state index < -0.39 is 86.9 Å². The Morgan fingerprint density at radius 2 is 1.17 bits per heavy atom. The van der Waals surface area contributed by atoms with Gasteiger partial charge in [0.1, 0.15) is 30.6 Å². The largest absolute Gasteiger partial charge is 0.364 e. The highest BCUT2D eigenvalue weighted by Gasteiger charge is 2.57. The summed E-state index contributed by atoms with van der Waals surface area (Å²) in [5.74, 6) is -1.71. The van der Waals surface area contributed by atoms with Crippen molar-refractivity contribution in [1.82, 2.24) is 0 Å². The molecule has 0 spiro atoms. The predicted octanol–water partition coefficient (Wildman–Crippen LogP) is 7.32. The number of hydrogen-bond donors (Lipinski definition) is 0. The highest BCUT2D eigenvalue weighted by Crippen LogP contribution is 2.46. The summed E-state index contributed by atoms with van der Waals surface area (Å²) in [6, 6.07) is 0. The minimum absolute atomic E-state index is 0.221. The highest BCUT2D eigenvalue weighted by atomic mass is 19.3. The summed E-state index contributed by atoms with van der Waals surface area (Å²) in [5.41, 5.74) is 0. The highest BCUT2D eigenvalue weighted by molar-refractivity contribution is 4.95. The van der Waals surface area contributed by atoms with Gasteiger partial charge in [-0.25, -0.2) is 22.0 Å². The van der Waals surface area contributed by atoms with Gasteiger partial charge < -0.3 is 14.2 Å². The van der Waals surface area contributed by atoms with Crippen molar-refractivity contribution < 1.29 is 44.9 Å². The molecule has 1 heterocycles. The molecule has 212 valence electrons. The van der Waals surface area contributed by atoms with Crippen molar-refractivity contribution in [2.24, 2.45) is 29.6 Å². The summed E-state index contributed by atoms with van der Waals surface area (Å²) in [6.45, 7) is 7.07. The average molecular weight is 535 g/mol. The first kappa shape index (κ1) is 29.9. The molecule has 0 aromatic rings. The maximum atomic E-state index is 14.9. The third-order valence-corrected chi connectivity index (χ3v) is 8.28. The van der Waals surface area contributed by atoms with Crippen LogP contribution in [0.1, 0.15) is 72.1 Å². The zero-order valence-electron chi connectivity index (χ0n) is 21.4. The van der Waals surface area contributed by atoms with E-state index in [1.165, 1.54) is 0 Å². The van der Waals surface area contributed by atoms with Crippen molar-refractivity contribution in [3.63, 3.8) is 0 Å². The van der Waals surface area contributed by atoms with E-state index in [4.69, 9.17) is 9.47 Å². The van der Waals surface area contributed by atoms with Gasteiger partial charge >= 0.3 is 6.11 Å². The molecule has 36 heavy (non-hydrogen) atoms. The second kappa shape index (κ2) is 13.0. The lowest BCUT2D eigenvalue weighted by Gasteiger charge is -2.44. The van der Waals surface area contributed by atoms with Crippen LogP contribution in [0.15, 0.2) is 0 Å². The Labute approximate surface area is 209 Å². The summed E-state index contributed by atoms with van der Waals surface area (Å²) in [5, 5.41) is 0. The van der Waals surface area contributed by atoms with E-state index >= 15 is 0 Å². The number of rotatable bonds is 5. The SMILES string of the molecule is CC.CC1CCC(C2COC(C3CC(F)C(C(F)(F)OC4CC(F)C(F)C(F)C4)C(F)C3)OC2)CC1. The first-order chi connectivity index (χ1) is 17.0. The van der Waals surface area contributed by atoms with Crippen molar-refractivity contribution in [3.8, 4) is 0 Å². The van der Waals surface area contributed by atoms with Crippen LogP contribution in [0.4, 0.5) is 30.7 Å². The maximum Gasteiger partial charge on any atom is 0.364 e. The minimum Gasteiger partial charge on any atom is -0.352 e. The fourth-order valence-electron chi connectivity index (χ4n) is 6.15. The topological polar surface area (TPSA) is 27.7 Å². The molecule has 0 radical (unpaired) electrons. The predicted molar refractivity (Wildman–Crippen MR) is 121 cm³/mol. The summed E-state index contributed by atoms with van der Waals surface area (Å²) >= 11 is 0. The van der Waals surface area contributed by atoms with E-state index in [0.717, 1.165) is 25.7 Å². The second-order valence-electron chi connectivity index (χ2n) is 10.9. The smallest absolute Gasteiger partial charge is 0.352 e. The Bertz CT molecular complexity index is 631. The molecule has 1 saturated heterocycles. The molecule has 0 N–H and O–H groups in total. The molecule has 4 rings (SSSR count). The van der Waals surface area contributed by atoms with Gasteiger partial charge in [-0.3, -0.25) is 0 Å². The zero-order chi connectivity index (χ0) is 26.6. The maximum absolute atomic E-state index is 14.9. The van der Waals surface area contributed by atoms with Crippen molar-refractivity contribution in [1.29, 1.82) is 0 Å². The molecule has 4 fully saturated rings. The lowest BCUT2D eigenvalue weighted by atomic mass is 9.76. The summed E-state index contributed by atoms with van der Waals surface area (Å²) in [4.78, 5) is 0. The van der Waals surface area contributed by atoms with Gasteiger partial charge in [-0.15, -0.1) is 0 Å². The number of hydrogen-bond acceptors (Lipinski definition) is 3. The summed E-state index contributed by atoms with van der Waals surface area (Å²) in [7, 11) is 0. The van der Waals surface area contributed by atoms with Crippen LogP contribution in [0.5, 0.6) is 0 Å². The van der Waals surface area contributed by atoms with Crippen LogP contribution in [-0.4, -0.2) is 62.6 Å². The Kier molecular flexibility index (Phi) is 10.8.